The van der Waals surface area contributed by atoms with Gasteiger partial charge in [0.05, 0.1) is 12.1 Å². The lowest BCUT2D eigenvalue weighted by Gasteiger charge is -2.37. The van der Waals surface area contributed by atoms with Crippen LogP contribution < -0.4 is 0 Å². The zero-order chi connectivity index (χ0) is 10.9. The van der Waals surface area contributed by atoms with E-state index in [1.807, 2.05) is 4.90 Å². The van der Waals surface area contributed by atoms with Crippen LogP contribution in [-0.4, -0.2) is 46.3 Å². The van der Waals surface area contributed by atoms with Crippen LogP contribution in [0.25, 0.3) is 0 Å². The molecule has 1 saturated heterocycles. The molecule has 86 valence electrons. The Bertz CT molecular complexity index is 248. The van der Waals surface area contributed by atoms with Crippen LogP contribution in [0.15, 0.2) is 0 Å². The molecule has 1 unspecified atom stereocenters. The van der Waals surface area contributed by atoms with Gasteiger partial charge in [0.2, 0.25) is 5.91 Å². The first-order valence-corrected chi connectivity index (χ1v) is 5.74. The van der Waals surface area contributed by atoms with E-state index in [1.54, 1.807) is 0 Å². The summed E-state index contributed by atoms with van der Waals surface area (Å²) in [5.74, 6) is 0.173. The molecular formula is C11H19NO3. The van der Waals surface area contributed by atoms with Gasteiger partial charge >= 0.3 is 0 Å². The lowest BCUT2D eigenvalue weighted by Crippen LogP contribution is -2.50. The molecule has 2 rings (SSSR count). The first-order chi connectivity index (χ1) is 7.22. The van der Waals surface area contributed by atoms with E-state index in [9.17, 15) is 9.90 Å². The Labute approximate surface area is 89.9 Å². The lowest BCUT2D eigenvalue weighted by atomic mass is 9.96. The van der Waals surface area contributed by atoms with Gasteiger partial charge in [0.15, 0.2) is 0 Å². The number of likely N-dealkylation sites (tertiary alicyclic amines) is 1. The molecule has 0 aromatic carbocycles. The summed E-state index contributed by atoms with van der Waals surface area (Å²) in [4.78, 5) is 13.6. The molecule has 0 aromatic rings. The highest BCUT2D eigenvalue weighted by Crippen LogP contribution is 2.38. The molecular weight excluding hydrogens is 194 g/mol. The second-order valence-corrected chi connectivity index (χ2v) is 4.85. The molecule has 1 aliphatic heterocycles. The molecule has 2 fully saturated rings. The van der Waals surface area contributed by atoms with Gasteiger partial charge in [-0.25, -0.2) is 0 Å². The number of carbonyl (C=O) groups excluding carboxylic acids is 1. The van der Waals surface area contributed by atoms with Crippen molar-refractivity contribution < 1.29 is 15.0 Å². The number of nitrogens with zero attached hydrogens (tertiary/aromatic N) is 1. The first kappa shape index (κ1) is 10.9. The highest BCUT2D eigenvalue weighted by molar-refractivity contribution is 5.79. The SMILES string of the molecule is O=C1CC(CO)CN1C1(CO)CCCC1. The molecule has 1 amide bonds. The van der Waals surface area contributed by atoms with Gasteiger partial charge in [0.1, 0.15) is 0 Å². The fourth-order valence-corrected chi connectivity index (χ4v) is 2.91. The molecule has 2 N–H and O–H groups in total. The standard InChI is InChI=1S/C11H19NO3/c13-7-9-5-10(15)12(6-9)11(8-14)3-1-2-4-11/h9,13-14H,1-8H2. The summed E-state index contributed by atoms with van der Waals surface area (Å²) in [6, 6.07) is 0. The van der Waals surface area contributed by atoms with Crippen LogP contribution in [0.2, 0.25) is 0 Å². The van der Waals surface area contributed by atoms with Gasteiger partial charge in [-0.2, -0.15) is 0 Å². The molecule has 2 aliphatic rings. The van der Waals surface area contributed by atoms with Crippen LogP contribution in [0.3, 0.4) is 0 Å². The van der Waals surface area contributed by atoms with E-state index in [0.29, 0.717) is 13.0 Å². The van der Waals surface area contributed by atoms with Gasteiger partial charge < -0.3 is 15.1 Å². The molecule has 1 saturated carbocycles. The number of hydrogen-bond acceptors (Lipinski definition) is 3. The maximum absolute atomic E-state index is 11.8. The quantitative estimate of drug-likeness (QED) is 0.700. The average molecular weight is 213 g/mol. The molecule has 0 bridgehead atoms. The Balaban J connectivity index is 2.12. The molecule has 1 atom stereocenters. The maximum atomic E-state index is 11.8. The van der Waals surface area contributed by atoms with Gasteiger partial charge in [-0.05, 0) is 12.8 Å². The third kappa shape index (κ3) is 1.76. The van der Waals surface area contributed by atoms with Crippen molar-refractivity contribution in [1.82, 2.24) is 4.90 Å². The molecule has 1 heterocycles. The summed E-state index contributed by atoms with van der Waals surface area (Å²) < 4.78 is 0. The minimum Gasteiger partial charge on any atom is -0.396 e. The molecule has 4 heteroatoms. The number of rotatable bonds is 3. The number of carbonyl (C=O) groups is 1. The van der Waals surface area contributed by atoms with Gasteiger partial charge in [0, 0.05) is 25.5 Å². The van der Waals surface area contributed by atoms with Crippen molar-refractivity contribution in [1.29, 1.82) is 0 Å². The number of hydrogen-bond donors (Lipinski definition) is 2. The molecule has 0 radical (unpaired) electrons. The van der Waals surface area contributed by atoms with E-state index >= 15 is 0 Å². The Morgan fingerprint density at radius 3 is 2.47 bits per heavy atom. The minimum absolute atomic E-state index is 0.0664. The van der Waals surface area contributed by atoms with Crippen LogP contribution >= 0.6 is 0 Å². The predicted molar refractivity (Wildman–Crippen MR) is 55.2 cm³/mol. The van der Waals surface area contributed by atoms with Gasteiger partial charge in [-0.3, -0.25) is 4.79 Å². The summed E-state index contributed by atoms with van der Waals surface area (Å²) in [6.07, 6.45) is 4.45. The summed E-state index contributed by atoms with van der Waals surface area (Å²) in [6.45, 7) is 0.760. The van der Waals surface area contributed by atoms with Crippen molar-refractivity contribution in [3.8, 4) is 0 Å². The van der Waals surface area contributed by atoms with E-state index in [-0.39, 0.29) is 30.6 Å². The largest absolute Gasteiger partial charge is 0.396 e. The fourth-order valence-electron chi connectivity index (χ4n) is 2.91. The van der Waals surface area contributed by atoms with Crippen molar-refractivity contribution in [3.05, 3.63) is 0 Å². The second-order valence-electron chi connectivity index (χ2n) is 4.85. The molecule has 4 nitrogen and oxygen atoms in total. The second kappa shape index (κ2) is 4.10. The monoisotopic (exact) mass is 213 g/mol. The summed E-state index contributed by atoms with van der Waals surface area (Å²) in [5, 5.41) is 18.6. The number of aliphatic hydroxyl groups is 2. The fraction of sp³-hybridized carbons (Fsp3) is 0.909. The molecule has 15 heavy (non-hydrogen) atoms. The zero-order valence-electron chi connectivity index (χ0n) is 8.98. The average Bonchev–Trinajstić information content (AvgIpc) is 2.84. The third-order valence-electron chi connectivity index (χ3n) is 3.86. The van der Waals surface area contributed by atoms with Gasteiger partial charge in [-0.1, -0.05) is 12.8 Å². The van der Waals surface area contributed by atoms with E-state index in [0.717, 1.165) is 25.7 Å². The van der Waals surface area contributed by atoms with E-state index < -0.39 is 0 Å². The lowest BCUT2D eigenvalue weighted by molar-refractivity contribution is -0.134. The maximum Gasteiger partial charge on any atom is 0.223 e. The van der Waals surface area contributed by atoms with Crippen molar-refractivity contribution in [2.24, 2.45) is 5.92 Å². The van der Waals surface area contributed by atoms with Crippen LogP contribution in [0.4, 0.5) is 0 Å². The highest BCUT2D eigenvalue weighted by Gasteiger charge is 2.45. The Morgan fingerprint density at radius 1 is 1.33 bits per heavy atom. The van der Waals surface area contributed by atoms with Gasteiger partial charge in [-0.15, -0.1) is 0 Å². The zero-order valence-corrected chi connectivity index (χ0v) is 8.98. The number of amides is 1. The molecule has 0 spiro atoms. The smallest absolute Gasteiger partial charge is 0.223 e. The minimum atomic E-state index is -0.305. The van der Waals surface area contributed by atoms with Crippen molar-refractivity contribution in [2.45, 2.75) is 37.6 Å². The van der Waals surface area contributed by atoms with E-state index in [4.69, 9.17) is 5.11 Å². The van der Waals surface area contributed by atoms with E-state index in [1.165, 1.54) is 0 Å². The molecule has 1 aliphatic carbocycles. The number of aliphatic hydroxyl groups excluding tert-OH is 2. The van der Waals surface area contributed by atoms with Crippen molar-refractivity contribution >= 4 is 5.91 Å². The summed E-state index contributed by atoms with van der Waals surface area (Å²) in [7, 11) is 0. The van der Waals surface area contributed by atoms with Crippen molar-refractivity contribution in [2.75, 3.05) is 19.8 Å². The van der Waals surface area contributed by atoms with E-state index in [2.05, 4.69) is 0 Å². The van der Waals surface area contributed by atoms with Crippen LogP contribution in [0.5, 0.6) is 0 Å². The van der Waals surface area contributed by atoms with Crippen LogP contribution in [-0.2, 0) is 4.79 Å². The van der Waals surface area contributed by atoms with Crippen molar-refractivity contribution in [3.63, 3.8) is 0 Å². The predicted octanol–water partition coefficient (Wildman–Crippen LogP) is 0.132. The first-order valence-electron chi connectivity index (χ1n) is 5.74. The highest BCUT2D eigenvalue weighted by atomic mass is 16.3. The Hall–Kier alpha value is -0.610. The Morgan fingerprint density at radius 2 is 2.00 bits per heavy atom. The normalized spacial score (nSPS) is 30.1. The third-order valence-corrected chi connectivity index (χ3v) is 3.86. The topological polar surface area (TPSA) is 60.8 Å². The Kier molecular flexibility index (Phi) is 2.98. The van der Waals surface area contributed by atoms with Crippen LogP contribution in [0.1, 0.15) is 32.1 Å². The van der Waals surface area contributed by atoms with Crippen LogP contribution in [0, 0.1) is 5.92 Å². The molecule has 0 aromatic heterocycles. The van der Waals surface area contributed by atoms with Gasteiger partial charge in [0.25, 0.3) is 0 Å². The summed E-state index contributed by atoms with van der Waals surface area (Å²) >= 11 is 0. The summed E-state index contributed by atoms with van der Waals surface area (Å²) in [5.41, 5.74) is -0.305.